The van der Waals surface area contributed by atoms with Gasteiger partial charge in [0.15, 0.2) is 0 Å². The van der Waals surface area contributed by atoms with Crippen LogP contribution in [0.1, 0.15) is 18.0 Å². The lowest BCUT2D eigenvalue weighted by atomic mass is 10.0. The minimum Gasteiger partial charge on any atom is -0.363 e. The molecule has 2 aromatic rings. The first-order chi connectivity index (χ1) is 9.84. The van der Waals surface area contributed by atoms with Crippen LogP contribution in [-0.4, -0.2) is 19.6 Å². The van der Waals surface area contributed by atoms with Crippen LogP contribution in [0.15, 0.2) is 54.6 Å². The molecule has 1 atom stereocenters. The fraction of sp³-hybridized carbons (Fsp3) is 0.294. The Kier molecular flexibility index (Phi) is 4.24. The molecule has 0 radical (unpaired) electrons. The Hall–Kier alpha value is -1.51. The highest BCUT2D eigenvalue weighted by Crippen LogP contribution is 2.30. The summed E-state index contributed by atoms with van der Waals surface area (Å²) in [4.78, 5) is 2.49. The number of para-hydroxylation sites is 1. The summed E-state index contributed by atoms with van der Waals surface area (Å²) in [5.41, 5.74) is 2.62. The predicted octanol–water partition coefficient (Wildman–Crippen LogP) is 3.88. The average molecular weight is 287 g/mol. The summed E-state index contributed by atoms with van der Waals surface area (Å²) >= 11 is 6.01. The Morgan fingerprint density at radius 2 is 1.70 bits per heavy atom. The van der Waals surface area contributed by atoms with Gasteiger partial charge in [-0.25, -0.2) is 0 Å². The Morgan fingerprint density at radius 1 is 0.950 bits per heavy atom. The maximum Gasteiger partial charge on any atom is 0.0555 e. The minimum atomic E-state index is 0.407. The van der Waals surface area contributed by atoms with Gasteiger partial charge in [0.25, 0.3) is 0 Å². The monoisotopic (exact) mass is 286 g/mol. The topological polar surface area (TPSA) is 15.3 Å². The summed E-state index contributed by atoms with van der Waals surface area (Å²) < 4.78 is 0. The zero-order valence-corrected chi connectivity index (χ0v) is 12.2. The molecule has 2 nitrogen and oxygen atoms in total. The van der Waals surface area contributed by atoms with Crippen molar-refractivity contribution in [3.63, 3.8) is 0 Å². The summed E-state index contributed by atoms with van der Waals surface area (Å²) in [6.45, 7) is 3.10. The second-order valence-electron chi connectivity index (χ2n) is 5.13. The molecule has 0 aliphatic carbocycles. The molecule has 1 aliphatic heterocycles. The van der Waals surface area contributed by atoms with Crippen molar-refractivity contribution >= 4 is 17.3 Å². The zero-order valence-electron chi connectivity index (χ0n) is 11.4. The summed E-state index contributed by atoms with van der Waals surface area (Å²) in [5.74, 6) is 0. The lowest BCUT2D eigenvalue weighted by molar-refractivity contribution is 0.617. The van der Waals surface area contributed by atoms with E-state index in [1.807, 2.05) is 12.1 Å². The molecule has 1 fully saturated rings. The van der Waals surface area contributed by atoms with Crippen LogP contribution in [0.4, 0.5) is 5.69 Å². The van der Waals surface area contributed by atoms with E-state index in [1.54, 1.807) is 0 Å². The van der Waals surface area contributed by atoms with Gasteiger partial charge >= 0.3 is 0 Å². The molecule has 1 unspecified atom stereocenters. The SMILES string of the molecule is Clc1ccc(C2CCNCCN2c2ccccc2)cc1. The van der Waals surface area contributed by atoms with Crippen LogP contribution >= 0.6 is 11.6 Å². The lowest BCUT2D eigenvalue weighted by Crippen LogP contribution is -2.30. The van der Waals surface area contributed by atoms with Crippen LogP contribution in [-0.2, 0) is 0 Å². The second-order valence-corrected chi connectivity index (χ2v) is 5.57. The molecular formula is C17H19ClN2. The number of halogens is 1. The molecule has 1 N–H and O–H groups in total. The van der Waals surface area contributed by atoms with Crippen molar-refractivity contribution < 1.29 is 0 Å². The van der Waals surface area contributed by atoms with E-state index in [9.17, 15) is 0 Å². The van der Waals surface area contributed by atoms with Crippen LogP contribution in [0.5, 0.6) is 0 Å². The molecule has 3 heteroatoms. The summed E-state index contributed by atoms with van der Waals surface area (Å²) in [5, 5.41) is 4.29. The smallest absolute Gasteiger partial charge is 0.0555 e. The molecule has 1 saturated heterocycles. The first kappa shape index (κ1) is 13.5. The quantitative estimate of drug-likeness (QED) is 0.901. The van der Waals surface area contributed by atoms with E-state index in [0.717, 1.165) is 31.1 Å². The van der Waals surface area contributed by atoms with Crippen molar-refractivity contribution in [1.29, 1.82) is 0 Å². The molecular weight excluding hydrogens is 268 g/mol. The van der Waals surface area contributed by atoms with E-state index in [0.29, 0.717) is 6.04 Å². The maximum absolute atomic E-state index is 6.01. The number of hydrogen-bond acceptors (Lipinski definition) is 2. The van der Waals surface area contributed by atoms with E-state index in [-0.39, 0.29) is 0 Å². The molecule has 0 aromatic heterocycles. The van der Waals surface area contributed by atoms with Crippen LogP contribution in [0.3, 0.4) is 0 Å². The highest BCUT2D eigenvalue weighted by atomic mass is 35.5. The largest absolute Gasteiger partial charge is 0.363 e. The minimum absolute atomic E-state index is 0.407. The van der Waals surface area contributed by atoms with Crippen molar-refractivity contribution in [2.75, 3.05) is 24.5 Å². The molecule has 2 aromatic carbocycles. The van der Waals surface area contributed by atoms with Gasteiger partial charge in [-0.15, -0.1) is 0 Å². The van der Waals surface area contributed by atoms with Crippen molar-refractivity contribution in [1.82, 2.24) is 5.32 Å². The van der Waals surface area contributed by atoms with Gasteiger partial charge in [-0.3, -0.25) is 0 Å². The van der Waals surface area contributed by atoms with Gasteiger partial charge in [0.05, 0.1) is 6.04 Å². The van der Waals surface area contributed by atoms with E-state index < -0.39 is 0 Å². The molecule has 0 saturated carbocycles. The first-order valence-corrected chi connectivity index (χ1v) is 7.50. The van der Waals surface area contributed by atoms with Crippen LogP contribution in [0.25, 0.3) is 0 Å². The van der Waals surface area contributed by atoms with Crippen molar-refractivity contribution in [2.24, 2.45) is 0 Å². The van der Waals surface area contributed by atoms with Gasteiger partial charge < -0.3 is 10.2 Å². The third-order valence-corrected chi connectivity index (χ3v) is 4.09. The van der Waals surface area contributed by atoms with Crippen LogP contribution in [0, 0.1) is 0 Å². The predicted molar refractivity (Wildman–Crippen MR) is 85.5 cm³/mol. The van der Waals surface area contributed by atoms with Crippen LogP contribution < -0.4 is 10.2 Å². The standard InChI is InChI=1S/C17H19ClN2/c18-15-8-6-14(7-9-15)17-10-11-19-12-13-20(17)16-4-2-1-3-5-16/h1-9,17,19H,10-13H2. The Morgan fingerprint density at radius 3 is 2.45 bits per heavy atom. The molecule has 104 valence electrons. The van der Waals surface area contributed by atoms with Crippen LogP contribution in [0.2, 0.25) is 5.02 Å². The molecule has 0 bridgehead atoms. The Bertz CT molecular complexity index is 539. The van der Waals surface area contributed by atoms with E-state index in [2.05, 4.69) is 52.7 Å². The summed E-state index contributed by atoms with van der Waals surface area (Å²) in [6, 6.07) is 19.3. The summed E-state index contributed by atoms with van der Waals surface area (Å²) in [6.07, 6.45) is 1.11. The van der Waals surface area contributed by atoms with Crippen molar-refractivity contribution in [3.8, 4) is 0 Å². The van der Waals surface area contributed by atoms with Gasteiger partial charge in [-0.1, -0.05) is 41.9 Å². The molecule has 0 amide bonds. The van der Waals surface area contributed by atoms with E-state index >= 15 is 0 Å². The molecule has 1 aliphatic rings. The zero-order chi connectivity index (χ0) is 13.8. The normalized spacial score (nSPS) is 19.6. The maximum atomic E-state index is 6.01. The molecule has 20 heavy (non-hydrogen) atoms. The third kappa shape index (κ3) is 2.97. The first-order valence-electron chi connectivity index (χ1n) is 7.12. The number of nitrogens with zero attached hydrogens (tertiary/aromatic N) is 1. The highest BCUT2D eigenvalue weighted by molar-refractivity contribution is 6.30. The highest BCUT2D eigenvalue weighted by Gasteiger charge is 2.22. The number of hydrogen-bond donors (Lipinski definition) is 1. The third-order valence-electron chi connectivity index (χ3n) is 3.84. The number of benzene rings is 2. The summed E-state index contributed by atoms with van der Waals surface area (Å²) in [7, 11) is 0. The Labute approximate surface area is 125 Å². The second kappa shape index (κ2) is 6.29. The van der Waals surface area contributed by atoms with Gasteiger partial charge in [-0.2, -0.15) is 0 Å². The molecule has 1 heterocycles. The number of anilines is 1. The fourth-order valence-corrected chi connectivity index (χ4v) is 2.96. The van der Waals surface area contributed by atoms with Gasteiger partial charge in [0, 0.05) is 23.8 Å². The lowest BCUT2D eigenvalue weighted by Gasteiger charge is -2.32. The number of rotatable bonds is 2. The van der Waals surface area contributed by atoms with Crippen molar-refractivity contribution in [2.45, 2.75) is 12.5 Å². The Balaban J connectivity index is 1.93. The van der Waals surface area contributed by atoms with Gasteiger partial charge in [0.1, 0.15) is 0 Å². The van der Waals surface area contributed by atoms with Crippen molar-refractivity contribution in [3.05, 3.63) is 65.2 Å². The average Bonchev–Trinajstić information content (AvgIpc) is 2.75. The number of nitrogens with one attached hydrogen (secondary N) is 1. The molecule has 3 rings (SSSR count). The molecule has 0 spiro atoms. The van der Waals surface area contributed by atoms with Gasteiger partial charge in [-0.05, 0) is 42.8 Å². The fourth-order valence-electron chi connectivity index (χ4n) is 2.84. The van der Waals surface area contributed by atoms with Gasteiger partial charge in [0.2, 0.25) is 0 Å². The van der Waals surface area contributed by atoms with E-state index in [1.165, 1.54) is 11.3 Å². The van der Waals surface area contributed by atoms with E-state index in [4.69, 9.17) is 11.6 Å².